The van der Waals surface area contributed by atoms with Gasteiger partial charge in [-0.3, -0.25) is 37.4 Å². The molecule has 4 unspecified atom stereocenters. The number of hydrogen-bond donors (Lipinski definition) is 4. The number of carboxylic acid groups (broad SMARTS) is 4. The van der Waals surface area contributed by atoms with Crippen LogP contribution in [-0.4, -0.2) is 147 Å². The number of ether oxygens (including phenoxy) is 4. The van der Waals surface area contributed by atoms with Gasteiger partial charge in [-0.2, -0.15) is 33.7 Å². The van der Waals surface area contributed by atoms with Crippen LogP contribution in [0.4, 0.5) is 0 Å². The van der Waals surface area contributed by atoms with Crippen LogP contribution < -0.4 is 139 Å². The molecule has 0 heterocycles. The minimum Gasteiger partial charge on any atom is -0.550 e. The Morgan fingerprint density at radius 3 is 0.450 bits per heavy atom. The van der Waals surface area contributed by atoms with Crippen molar-refractivity contribution in [1.82, 2.24) is 0 Å². The Hall–Kier alpha value is -0.600. The van der Waals surface area contributed by atoms with Crippen molar-refractivity contribution in [2.75, 3.05) is 26.4 Å². The summed E-state index contributed by atoms with van der Waals surface area (Å²) < 4.78 is 142. The maximum atomic E-state index is 11.5. The van der Waals surface area contributed by atoms with E-state index in [0.717, 1.165) is 77.0 Å². The van der Waals surface area contributed by atoms with E-state index in [1.807, 2.05) is 0 Å². The third-order valence-electron chi connectivity index (χ3n) is 14.9. The molecule has 0 aliphatic carbocycles. The number of rotatable bonds is 60. The van der Waals surface area contributed by atoms with Crippen molar-refractivity contribution in [2.24, 2.45) is 0 Å². The van der Waals surface area contributed by atoms with Gasteiger partial charge in [-0.05, 0) is 25.7 Å². The molecular weight excluding hydrogens is 1440 g/mol. The number of hydrogen-bond acceptors (Lipinski definition) is 24. The molecule has 568 valence electrons. The smallest absolute Gasteiger partial charge is 0.550 e. The fraction of sp³-hybridized carbons (Fsp3) is 0.875. The molecule has 36 heteroatoms. The van der Waals surface area contributed by atoms with Gasteiger partial charge in [0.15, 0.2) is 21.0 Å². The molecule has 0 aliphatic heterocycles. The number of carboxylic acids is 4. The molecule has 0 amide bonds. The molecule has 0 spiro atoms. The second-order valence-corrected chi connectivity index (χ2v) is 30.1. The summed E-state index contributed by atoms with van der Waals surface area (Å²) in [6, 6.07) is 0. The van der Waals surface area contributed by atoms with Crippen LogP contribution >= 0.6 is 0 Å². The van der Waals surface area contributed by atoms with E-state index in [2.05, 4.69) is 27.7 Å². The molecule has 100 heavy (non-hydrogen) atoms. The number of unbranched alkanes of at least 4 members (excludes halogenated alkanes) is 36. The van der Waals surface area contributed by atoms with Crippen LogP contribution in [-0.2, 0) is 97.8 Å². The maximum Gasteiger partial charge on any atom is 1.00 e. The zero-order valence-electron chi connectivity index (χ0n) is 61.5. The van der Waals surface area contributed by atoms with Crippen molar-refractivity contribution < 1.29 is 248 Å². The van der Waals surface area contributed by atoms with Crippen LogP contribution in [0, 0.1) is 0 Å². The topological polar surface area (TPSA) is 483 Å². The number of carbonyl (C=O) groups excluding carboxylic acids is 8. The molecule has 0 rings (SSSR count). The molecular formula is C64H116Na4O28S4. The van der Waals surface area contributed by atoms with Crippen LogP contribution in [0.3, 0.4) is 0 Å². The Labute approximate surface area is 686 Å². The Morgan fingerprint density at radius 2 is 0.350 bits per heavy atom. The van der Waals surface area contributed by atoms with Crippen molar-refractivity contribution >= 4 is 88.2 Å². The van der Waals surface area contributed by atoms with Crippen LogP contribution in [0.5, 0.6) is 0 Å². The summed E-state index contributed by atoms with van der Waals surface area (Å²) in [6.07, 6.45) is 39.6. The zero-order chi connectivity index (χ0) is 73.7. The maximum absolute atomic E-state index is 11.5. The second-order valence-electron chi connectivity index (χ2n) is 23.7. The Morgan fingerprint density at radius 1 is 0.240 bits per heavy atom. The van der Waals surface area contributed by atoms with Gasteiger partial charge in [0.2, 0.25) is 0 Å². The Kier molecular flexibility index (Phi) is 86.7. The predicted octanol–water partition coefficient (Wildman–Crippen LogP) is -4.60. The minimum atomic E-state index is -4.82. The first kappa shape index (κ1) is 115. The van der Waals surface area contributed by atoms with Gasteiger partial charge in [0.25, 0.3) is 40.5 Å². The monoisotopic (exact) mass is 1550 g/mol. The van der Waals surface area contributed by atoms with Gasteiger partial charge in [0, 0.05) is 49.6 Å². The quantitative estimate of drug-likeness (QED) is 0.0146. The Bertz CT molecular complexity index is 2200. The van der Waals surface area contributed by atoms with Crippen molar-refractivity contribution in [3.05, 3.63) is 0 Å². The van der Waals surface area contributed by atoms with Gasteiger partial charge in [0.05, 0.1) is 26.4 Å². The van der Waals surface area contributed by atoms with Crippen LogP contribution in [0.15, 0.2) is 0 Å². The molecule has 0 radical (unpaired) electrons. The first-order valence-electron chi connectivity index (χ1n) is 34.5. The third kappa shape index (κ3) is 78.5. The minimum absolute atomic E-state index is 0. The summed E-state index contributed by atoms with van der Waals surface area (Å²) >= 11 is 0. The standard InChI is InChI=1S/4C16H30O7S.4Na/c4*1-2-3-4-5-6-7-8-9-10-11-12-23-16(19)14(13-15(17)18)24(20,21)22;;;;/h4*14H,2-13H2,1H3,(H,17,18)(H,20,21,22);;;;/q;;;;4*+1/p-4. The van der Waals surface area contributed by atoms with Gasteiger partial charge < -0.3 is 58.6 Å². The molecule has 28 nitrogen and oxygen atoms in total. The summed E-state index contributed by atoms with van der Waals surface area (Å²) in [5.41, 5.74) is 0. The van der Waals surface area contributed by atoms with Gasteiger partial charge in [0.1, 0.15) is 0 Å². The molecule has 4 N–H and O–H groups in total. The van der Waals surface area contributed by atoms with Crippen molar-refractivity contribution in [1.29, 1.82) is 0 Å². The Balaban J connectivity index is -0.000000186. The first-order valence-corrected chi connectivity index (χ1v) is 40.5. The van der Waals surface area contributed by atoms with E-state index in [9.17, 15) is 92.5 Å². The van der Waals surface area contributed by atoms with Gasteiger partial charge in [-0.25, -0.2) is 0 Å². The fourth-order valence-electron chi connectivity index (χ4n) is 9.27. The first-order chi connectivity index (χ1) is 45.1. The van der Waals surface area contributed by atoms with E-state index in [1.54, 1.807) is 0 Å². The number of carbonyl (C=O) groups is 8. The number of aliphatic carboxylic acids is 4. The molecule has 0 aromatic rings. The van der Waals surface area contributed by atoms with Crippen molar-refractivity contribution in [3.63, 3.8) is 0 Å². The van der Waals surface area contributed by atoms with Gasteiger partial charge in [-0.1, -0.05) is 259 Å². The largest absolute Gasteiger partial charge is 1.00 e. The molecule has 0 aromatic carbocycles. The van der Waals surface area contributed by atoms with E-state index in [0.29, 0.717) is 25.7 Å². The summed E-state index contributed by atoms with van der Waals surface area (Å²) in [5, 5.41) is 33.2. The molecule has 0 bridgehead atoms. The van der Waals surface area contributed by atoms with E-state index in [-0.39, 0.29) is 145 Å². The van der Waals surface area contributed by atoms with Crippen LogP contribution in [0.25, 0.3) is 0 Å². The summed E-state index contributed by atoms with van der Waals surface area (Å²) in [6.45, 7) is 8.77. The molecule has 0 saturated carbocycles. The van der Waals surface area contributed by atoms with Crippen molar-refractivity contribution in [3.8, 4) is 0 Å². The van der Waals surface area contributed by atoms with E-state index in [1.165, 1.54) is 154 Å². The second kappa shape index (κ2) is 75.2. The van der Waals surface area contributed by atoms with Gasteiger partial charge in [-0.15, -0.1) is 0 Å². The predicted molar refractivity (Wildman–Crippen MR) is 351 cm³/mol. The van der Waals surface area contributed by atoms with Gasteiger partial charge >= 0.3 is 142 Å². The molecule has 0 saturated heterocycles. The zero-order valence-corrected chi connectivity index (χ0v) is 72.7. The molecule has 0 aromatic heterocycles. The van der Waals surface area contributed by atoms with Crippen LogP contribution in [0.2, 0.25) is 0 Å². The molecule has 0 aliphatic rings. The normalized spacial score (nSPS) is 12.2. The SMILES string of the molecule is CCCCCCCCCCCCOC(=O)C(CC(=O)[O-])S(=O)(=O)O.CCCCCCCCCCCCOC(=O)C(CC(=O)[O-])S(=O)(=O)O.CCCCCCCCCCCCOC(=O)C(CC(=O)[O-])S(=O)(=O)O.CCCCCCCCCCCCOC(=O)C(CC(=O)[O-])S(=O)(=O)O.[Na+].[Na+].[Na+].[Na+]. The molecule has 4 atom stereocenters. The van der Waals surface area contributed by atoms with E-state index >= 15 is 0 Å². The van der Waals surface area contributed by atoms with Crippen LogP contribution in [0.1, 0.15) is 310 Å². The fourth-order valence-corrected chi connectivity index (χ4v) is 11.9. The van der Waals surface area contributed by atoms with E-state index < -0.39 is 135 Å². The average Bonchev–Trinajstić information content (AvgIpc) is 0.894. The van der Waals surface area contributed by atoms with Crippen molar-refractivity contribution in [2.45, 2.75) is 331 Å². The summed E-state index contributed by atoms with van der Waals surface area (Å²) in [5.74, 6) is -12.0. The average molecular weight is 1550 g/mol. The van der Waals surface area contributed by atoms with E-state index in [4.69, 9.17) is 37.2 Å². The summed E-state index contributed by atoms with van der Waals surface area (Å²) in [7, 11) is -19.3. The third-order valence-corrected chi connectivity index (χ3v) is 19.2. The summed E-state index contributed by atoms with van der Waals surface area (Å²) in [4.78, 5) is 87.8. The number of esters is 4. The molecule has 0 fully saturated rings.